The fourth-order valence-electron chi connectivity index (χ4n) is 2.99. The lowest BCUT2D eigenvalue weighted by atomic mass is 9.89. The van der Waals surface area contributed by atoms with Crippen LogP contribution in [0, 0.1) is 11.2 Å². The first-order valence-electron chi connectivity index (χ1n) is 8.80. The van der Waals surface area contributed by atoms with Gasteiger partial charge in [0.1, 0.15) is 5.82 Å². The van der Waals surface area contributed by atoms with E-state index in [0.717, 1.165) is 45.4 Å². The number of benzene rings is 1. The molecule has 4 nitrogen and oxygen atoms in total. The first kappa shape index (κ1) is 18.9. The maximum absolute atomic E-state index is 12.9. The number of hydrogen-bond acceptors (Lipinski definition) is 3. The molecule has 1 aromatic rings. The molecule has 2 N–H and O–H groups in total. The van der Waals surface area contributed by atoms with E-state index in [0.29, 0.717) is 12.5 Å². The Morgan fingerprint density at radius 2 is 1.92 bits per heavy atom. The van der Waals surface area contributed by atoms with Gasteiger partial charge in [-0.3, -0.25) is 4.79 Å². The molecule has 1 fully saturated rings. The Hall–Kier alpha value is -1.46. The summed E-state index contributed by atoms with van der Waals surface area (Å²) < 4.78 is 12.9. The van der Waals surface area contributed by atoms with Gasteiger partial charge in [0.2, 0.25) is 0 Å². The zero-order valence-electron chi connectivity index (χ0n) is 14.7. The van der Waals surface area contributed by atoms with E-state index in [1.54, 1.807) is 13.8 Å². The molecule has 0 amide bonds. The van der Waals surface area contributed by atoms with E-state index >= 15 is 0 Å². The average Bonchev–Trinajstić information content (AvgIpc) is 2.55. The number of carbonyl (C=O) groups is 1. The molecule has 0 saturated carbocycles. The summed E-state index contributed by atoms with van der Waals surface area (Å²) in [6, 6.07) is 7.23. The summed E-state index contributed by atoms with van der Waals surface area (Å²) in [5, 5.41) is 12.6. The molecule has 0 atom stereocenters. The van der Waals surface area contributed by atoms with Crippen molar-refractivity contribution < 1.29 is 14.3 Å². The molecule has 0 aromatic heterocycles. The van der Waals surface area contributed by atoms with Crippen molar-refractivity contribution >= 4 is 5.97 Å². The van der Waals surface area contributed by atoms with Crippen LogP contribution in [0.15, 0.2) is 24.3 Å². The highest BCUT2D eigenvalue weighted by molar-refractivity contribution is 5.73. The minimum Gasteiger partial charge on any atom is -0.481 e. The lowest BCUT2D eigenvalue weighted by molar-refractivity contribution is -0.147. The van der Waals surface area contributed by atoms with E-state index in [9.17, 15) is 9.18 Å². The second-order valence-electron chi connectivity index (χ2n) is 7.39. The number of piperidine rings is 1. The van der Waals surface area contributed by atoms with Gasteiger partial charge in [0, 0.05) is 12.6 Å². The molecule has 24 heavy (non-hydrogen) atoms. The fourth-order valence-corrected chi connectivity index (χ4v) is 2.99. The van der Waals surface area contributed by atoms with Gasteiger partial charge in [-0.25, -0.2) is 4.39 Å². The number of nitrogens with one attached hydrogen (secondary N) is 1. The van der Waals surface area contributed by atoms with Crippen molar-refractivity contribution in [3.63, 3.8) is 0 Å². The Morgan fingerprint density at radius 3 is 2.50 bits per heavy atom. The zero-order chi connectivity index (χ0) is 17.6. The zero-order valence-corrected chi connectivity index (χ0v) is 14.7. The van der Waals surface area contributed by atoms with E-state index in [4.69, 9.17) is 5.11 Å². The third kappa shape index (κ3) is 5.87. The summed E-state index contributed by atoms with van der Waals surface area (Å²) >= 11 is 0. The van der Waals surface area contributed by atoms with Gasteiger partial charge >= 0.3 is 5.97 Å². The Morgan fingerprint density at radius 1 is 1.29 bits per heavy atom. The Kier molecular flexibility index (Phi) is 6.75. The molecule has 0 radical (unpaired) electrons. The number of aliphatic carboxylic acids is 1. The normalized spacial score (nSPS) is 17.1. The van der Waals surface area contributed by atoms with Gasteiger partial charge in [-0.05, 0) is 76.9 Å². The molecule has 1 saturated heterocycles. The summed E-state index contributed by atoms with van der Waals surface area (Å²) in [5.41, 5.74) is 0.510. The summed E-state index contributed by atoms with van der Waals surface area (Å²) in [6.45, 7) is 7.41. The first-order valence-corrected chi connectivity index (χ1v) is 8.80. The standard InChI is InChI=1S/C19H29FN2O2/c1-19(2,18(23)24)10-11-21-17-8-13-22(14-9-17)12-7-15-3-5-16(20)6-4-15/h3-6,17,21H,7-14H2,1-2H3,(H,23,24). The van der Waals surface area contributed by atoms with Gasteiger partial charge in [0.25, 0.3) is 0 Å². The van der Waals surface area contributed by atoms with Crippen LogP contribution in [0.5, 0.6) is 0 Å². The summed E-state index contributed by atoms with van der Waals surface area (Å²) in [4.78, 5) is 13.5. The molecule has 0 spiro atoms. The van der Waals surface area contributed by atoms with Gasteiger partial charge in [-0.1, -0.05) is 12.1 Å². The lowest BCUT2D eigenvalue weighted by Gasteiger charge is -2.33. The topological polar surface area (TPSA) is 52.6 Å². The lowest BCUT2D eigenvalue weighted by Crippen LogP contribution is -2.44. The minimum atomic E-state index is -0.736. The minimum absolute atomic E-state index is 0.184. The second kappa shape index (κ2) is 8.58. The Labute approximate surface area is 144 Å². The maximum Gasteiger partial charge on any atom is 0.309 e. The molecule has 0 aliphatic carbocycles. The van der Waals surface area contributed by atoms with Gasteiger partial charge in [0.15, 0.2) is 0 Å². The number of carboxylic acids is 1. The first-order chi connectivity index (χ1) is 11.4. The van der Waals surface area contributed by atoms with E-state index in [2.05, 4.69) is 10.2 Å². The molecule has 1 aromatic carbocycles. The summed E-state index contributed by atoms with van der Waals surface area (Å²) in [7, 11) is 0. The monoisotopic (exact) mass is 336 g/mol. The van der Waals surface area contributed by atoms with Crippen LogP contribution >= 0.6 is 0 Å². The number of carboxylic acid groups (broad SMARTS) is 1. The van der Waals surface area contributed by atoms with Crippen molar-refractivity contribution in [1.82, 2.24) is 10.2 Å². The predicted molar refractivity (Wildman–Crippen MR) is 93.6 cm³/mol. The van der Waals surface area contributed by atoms with Crippen LogP contribution in [0.2, 0.25) is 0 Å². The van der Waals surface area contributed by atoms with E-state index < -0.39 is 11.4 Å². The van der Waals surface area contributed by atoms with Crippen LogP contribution in [0.3, 0.4) is 0 Å². The molecule has 1 aliphatic rings. The Balaban J connectivity index is 1.63. The predicted octanol–water partition coefficient (Wildman–Crippen LogP) is 2.92. The number of likely N-dealkylation sites (tertiary alicyclic amines) is 1. The highest BCUT2D eigenvalue weighted by atomic mass is 19.1. The molecule has 1 aliphatic heterocycles. The van der Waals surface area contributed by atoms with Crippen molar-refractivity contribution in [3.05, 3.63) is 35.6 Å². The third-order valence-corrected chi connectivity index (χ3v) is 4.98. The van der Waals surface area contributed by atoms with Gasteiger partial charge in [0.05, 0.1) is 5.41 Å². The van der Waals surface area contributed by atoms with Crippen LogP contribution in [-0.2, 0) is 11.2 Å². The van der Waals surface area contributed by atoms with Crippen molar-refractivity contribution in [2.75, 3.05) is 26.2 Å². The van der Waals surface area contributed by atoms with Crippen LogP contribution in [-0.4, -0.2) is 48.2 Å². The van der Waals surface area contributed by atoms with E-state index in [1.807, 2.05) is 12.1 Å². The average molecular weight is 336 g/mol. The van der Waals surface area contributed by atoms with E-state index in [1.165, 1.54) is 17.7 Å². The summed E-state index contributed by atoms with van der Waals surface area (Å²) in [5.74, 6) is -0.920. The Bertz CT molecular complexity index is 523. The molecule has 5 heteroatoms. The smallest absolute Gasteiger partial charge is 0.309 e. The van der Waals surface area contributed by atoms with Gasteiger partial charge in [-0.2, -0.15) is 0 Å². The molecule has 1 heterocycles. The fraction of sp³-hybridized carbons (Fsp3) is 0.632. The molecular weight excluding hydrogens is 307 g/mol. The largest absolute Gasteiger partial charge is 0.481 e. The van der Waals surface area contributed by atoms with Crippen molar-refractivity contribution in [2.45, 2.75) is 45.6 Å². The quantitative estimate of drug-likeness (QED) is 0.766. The van der Waals surface area contributed by atoms with Crippen molar-refractivity contribution in [1.29, 1.82) is 0 Å². The molecule has 0 unspecified atom stereocenters. The van der Waals surface area contributed by atoms with Crippen LogP contribution < -0.4 is 5.32 Å². The van der Waals surface area contributed by atoms with Gasteiger partial charge in [-0.15, -0.1) is 0 Å². The highest BCUT2D eigenvalue weighted by Gasteiger charge is 2.27. The SMILES string of the molecule is CC(C)(CCNC1CCN(CCc2ccc(F)cc2)CC1)C(=O)O. The molecule has 0 bridgehead atoms. The number of rotatable bonds is 8. The maximum atomic E-state index is 12.9. The molecular formula is C19H29FN2O2. The second-order valence-corrected chi connectivity index (χ2v) is 7.39. The van der Waals surface area contributed by atoms with Crippen LogP contribution in [0.25, 0.3) is 0 Å². The number of halogens is 1. The number of hydrogen-bond donors (Lipinski definition) is 2. The van der Waals surface area contributed by atoms with E-state index in [-0.39, 0.29) is 5.82 Å². The highest BCUT2D eigenvalue weighted by Crippen LogP contribution is 2.20. The van der Waals surface area contributed by atoms with Gasteiger partial charge < -0.3 is 15.3 Å². The van der Waals surface area contributed by atoms with Crippen molar-refractivity contribution in [2.24, 2.45) is 5.41 Å². The third-order valence-electron chi connectivity index (χ3n) is 4.98. The summed E-state index contributed by atoms with van der Waals surface area (Å²) in [6.07, 6.45) is 3.78. The van der Waals surface area contributed by atoms with Crippen LogP contribution in [0.1, 0.15) is 38.7 Å². The van der Waals surface area contributed by atoms with Crippen molar-refractivity contribution in [3.8, 4) is 0 Å². The number of nitrogens with zero attached hydrogens (tertiary/aromatic N) is 1. The molecule has 134 valence electrons. The molecule has 2 rings (SSSR count). The van der Waals surface area contributed by atoms with Crippen LogP contribution in [0.4, 0.5) is 4.39 Å².